The number of ether oxygens (including phenoxy) is 1. The number of hydrogen-bond donors (Lipinski definition) is 2. The monoisotopic (exact) mass is 384 g/mol. The molecule has 0 saturated carbocycles. The van der Waals surface area contributed by atoms with Gasteiger partial charge in [-0.3, -0.25) is 4.72 Å². The van der Waals surface area contributed by atoms with Crippen LogP contribution in [0.3, 0.4) is 0 Å². The van der Waals surface area contributed by atoms with Gasteiger partial charge in [-0.05, 0) is 50.2 Å². The average molecular weight is 384 g/mol. The van der Waals surface area contributed by atoms with Crippen LogP contribution in [0.15, 0.2) is 59.5 Å². The minimum absolute atomic E-state index is 0.221. The van der Waals surface area contributed by atoms with Gasteiger partial charge in [-0.25, -0.2) is 13.4 Å². The number of benzene rings is 2. The lowest BCUT2D eigenvalue weighted by molar-refractivity contribution is 0.396. The molecule has 140 valence electrons. The number of sulfonamides is 1. The lowest BCUT2D eigenvalue weighted by Gasteiger charge is -2.11. The van der Waals surface area contributed by atoms with E-state index >= 15 is 0 Å². The third kappa shape index (κ3) is 4.73. The van der Waals surface area contributed by atoms with E-state index < -0.39 is 10.0 Å². The minimum atomic E-state index is -3.62. The normalized spacial score (nSPS) is 11.1. The van der Waals surface area contributed by atoms with Crippen molar-refractivity contribution in [3.63, 3.8) is 0 Å². The molecule has 0 radical (unpaired) electrons. The van der Waals surface area contributed by atoms with Crippen LogP contribution in [0.25, 0.3) is 0 Å². The number of aromatic nitrogens is 2. The molecule has 1 aromatic heterocycles. The first kappa shape index (κ1) is 18.7. The smallest absolute Gasteiger partial charge is 0.261 e. The standard InChI is InChI=1S/C19H20N4O3S/c1-13-4-10-17(11-5-13)27(24,25)23-16-8-6-15(7-9-16)22-18-12-19(26-3)21-14(2)20-18/h4-12,23H,1-3H3,(H,20,21,22). The van der Waals surface area contributed by atoms with E-state index in [1.807, 2.05) is 6.92 Å². The predicted octanol–water partition coefficient (Wildman–Crippen LogP) is 3.65. The van der Waals surface area contributed by atoms with Gasteiger partial charge in [-0.2, -0.15) is 4.98 Å². The molecule has 0 bridgehead atoms. The van der Waals surface area contributed by atoms with Crippen molar-refractivity contribution in [1.29, 1.82) is 0 Å². The Morgan fingerprint density at radius 2 is 1.52 bits per heavy atom. The molecule has 27 heavy (non-hydrogen) atoms. The van der Waals surface area contributed by atoms with E-state index in [0.29, 0.717) is 23.2 Å². The maximum absolute atomic E-state index is 12.4. The molecular formula is C19H20N4O3S. The van der Waals surface area contributed by atoms with Gasteiger partial charge in [-0.15, -0.1) is 0 Å². The Balaban J connectivity index is 1.73. The predicted molar refractivity (Wildman–Crippen MR) is 105 cm³/mol. The first-order valence-corrected chi connectivity index (χ1v) is 9.70. The molecule has 0 fully saturated rings. The number of nitrogens with one attached hydrogen (secondary N) is 2. The van der Waals surface area contributed by atoms with Crippen LogP contribution in [-0.2, 0) is 10.0 Å². The van der Waals surface area contributed by atoms with E-state index in [1.165, 1.54) is 0 Å². The Morgan fingerprint density at radius 3 is 2.15 bits per heavy atom. The summed E-state index contributed by atoms with van der Waals surface area (Å²) in [4.78, 5) is 8.65. The first-order chi connectivity index (χ1) is 12.9. The van der Waals surface area contributed by atoms with Gasteiger partial charge < -0.3 is 10.1 Å². The van der Waals surface area contributed by atoms with Crippen LogP contribution in [-0.4, -0.2) is 25.5 Å². The van der Waals surface area contributed by atoms with E-state index in [1.54, 1.807) is 68.6 Å². The van der Waals surface area contributed by atoms with Crippen molar-refractivity contribution in [2.24, 2.45) is 0 Å². The van der Waals surface area contributed by atoms with Crippen LogP contribution in [0.5, 0.6) is 5.88 Å². The Labute approximate surface area is 158 Å². The second kappa shape index (κ2) is 7.63. The van der Waals surface area contributed by atoms with Crippen LogP contribution in [0.1, 0.15) is 11.4 Å². The SMILES string of the molecule is COc1cc(Nc2ccc(NS(=O)(=O)c3ccc(C)cc3)cc2)nc(C)n1. The number of hydrogen-bond acceptors (Lipinski definition) is 6. The maximum atomic E-state index is 12.4. The topological polar surface area (TPSA) is 93.2 Å². The van der Waals surface area contributed by atoms with Gasteiger partial charge >= 0.3 is 0 Å². The third-order valence-electron chi connectivity index (χ3n) is 3.76. The van der Waals surface area contributed by atoms with Gasteiger partial charge in [0.05, 0.1) is 12.0 Å². The highest BCUT2D eigenvalue weighted by Gasteiger charge is 2.13. The summed E-state index contributed by atoms with van der Waals surface area (Å²) in [5.74, 6) is 1.64. The molecule has 2 aromatic carbocycles. The molecule has 2 N–H and O–H groups in total. The van der Waals surface area contributed by atoms with Crippen molar-refractivity contribution in [3.05, 3.63) is 66.0 Å². The molecule has 0 aliphatic heterocycles. The van der Waals surface area contributed by atoms with E-state index in [9.17, 15) is 8.42 Å². The first-order valence-electron chi connectivity index (χ1n) is 8.22. The molecule has 7 nitrogen and oxygen atoms in total. The third-order valence-corrected chi connectivity index (χ3v) is 5.16. The summed E-state index contributed by atoms with van der Waals surface area (Å²) in [5, 5.41) is 3.14. The van der Waals surface area contributed by atoms with Gasteiger partial charge in [0.1, 0.15) is 11.6 Å². The van der Waals surface area contributed by atoms with Crippen LogP contribution in [0.2, 0.25) is 0 Å². The second-order valence-corrected chi connectivity index (χ2v) is 7.65. The van der Waals surface area contributed by atoms with Crippen LogP contribution in [0, 0.1) is 13.8 Å². The molecule has 3 rings (SSSR count). The van der Waals surface area contributed by atoms with Crippen LogP contribution >= 0.6 is 0 Å². The van der Waals surface area contributed by atoms with Gasteiger partial charge in [0.2, 0.25) is 5.88 Å². The number of rotatable bonds is 6. The van der Waals surface area contributed by atoms with E-state index in [0.717, 1.165) is 11.3 Å². The van der Waals surface area contributed by atoms with Crippen molar-refractivity contribution in [3.8, 4) is 5.88 Å². The summed E-state index contributed by atoms with van der Waals surface area (Å²) < 4.78 is 32.6. The van der Waals surface area contributed by atoms with E-state index in [4.69, 9.17) is 4.74 Å². The van der Waals surface area contributed by atoms with Gasteiger partial charge in [0.15, 0.2) is 0 Å². The van der Waals surface area contributed by atoms with Crippen molar-refractivity contribution in [1.82, 2.24) is 9.97 Å². The Bertz CT molecular complexity index is 1030. The molecule has 0 spiro atoms. The Hall–Kier alpha value is -3.13. The van der Waals surface area contributed by atoms with Crippen molar-refractivity contribution in [2.45, 2.75) is 18.7 Å². The zero-order valence-electron chi connectivity index (χ0n) is 15.2. The lowest BCUT2D eigenvalue weighted by Crippen LogP contribution is -2.12. The average Bonchev–Trinajstić information content (AvgIpc) is 2.63. The molecule has 0 aliphatic rings. The fourth-order valence-electron chi connectivity index (χ4n) is 2.41. The summed E-state index contributed by atoms with van der Waals surface area (Å²) in [7, 11) is -2.08. The van der Waals surface area contributed by atoms with E-state index in [2.05, 4.69) is 20.0 Å². The largest absolute Gasteiger partial charge is 0.481 e. The molecule has 0 aliphatic carbocycles. The summed E-state index contributed by atoms with van der Waals surface area (Å²) in [5.41, 5.74) is 2.23. The molecule has 3 aromatic rings. The molecule has 1 heterocycles. The van der Waals surface area contributed by atoms with Crippen LogP contribution in [0.4, 0.5) is 17.2 Å². The van der Waals surface area contributed by atoms with Crippen molar-refractivity contribution < 1.29 is 13.2 Å². The molecule has 0 amide bonds. The second-order valence-electron chi connectivity index (χ2n) is 5.96. The number of methoxy groups -OCH3 is 1. The maximum Gasteiger partial charge on any atom is 0.261 e. The number of nitrogens with zero attached hydrogens (tertiary/aromatic N) is 2. The number of anilines is 3. The zero-order chi connectivity index (χ0) is 19.4. The molecule has 0 saturated heterocycles. The molecule has 0 atom stereocenters. The Morgan fingerprint density at radius 1 is 0.889 bits per heavy atom. The van der Waals surface area contributed by atoms with Gasteiger partial charge in [-0.1, -0.05) is 17.7 Å². The van der Waals surface area contributed by atoms with Crippen LogP contribution < -0.4 is 14.8 Å². The summed E-state index contributed by atoms with van der Waals surface area (Å²) in [6, 6.07) is 15.3. The summed E-state index contributed by atoms with van der Waals surface area (Å²) in [6.07, 6.45) is 0. The highest BCUT2D eigenvalue weighted by Crippen LogP contribution is 2.22. The highest BCUT2D eigenvalue weighted by atomic mass is 32.2. The van der Waals surface area contributed by atoms with Gasteiger partial charge in [0, 0.05) is 17.4 Å². The number of aryl methyl sites for hydroxylation is 2. The van der Waals surface area contributed by atoms with Crippen molar-refractivity contribution in [2.75, 3.05) is 17.1 Å². The fraction of sp³-hybridized carbons (Fsp3) is 0.158. The summed E-state index contributed by atoms with van der Waals surface area (Å²) in [6.45, 7) is 3.68. The van der Waals surface area contributed by atoms with E-state index in [-0.39, 0.29) is 4.90 Å². The quantitative estimate of drug-likeness (QED) is 0.674. The minimum Gasteiger partial charge on any atom is -0.481 e. The molecular weight excluding hydrogens is 364 g/mol. The molecule has 0 unspecified atom stereocenters. The highest BCUT2D eigenvalue weighted by molar-refractivity contribution is 7.92. The Kier molecular flexibility index (Phi) is 5.27. The fourth-order valence-corrected chi connectivity index (χ4v) is 3.47. The molecule has 8 heteroatoms. The van der Waals surface area contributed by atoms with Crippen molar-refractivity contribution >= 4 is 27.2 Å². The lowest BCUT2D eigenvalue weighted by atomic mass is 10.2. The summed E-state index contributed by atoms with van der Waals surface area (Å²) >= 11 is 0. The zero-order valence-corrected chi connectivity index (χ0v) is 16.0. The van der Waals surface area contributed by atoms with Gasteiger partial charge in [0.25, 0.3) is 10.0 Å².